The molecule has 1 unspecified atom stereocenters. The lowest BCUT2D eigenvalue weighted by Crippen LogP contribution is -2.32. The number of nitrogens with one attached hydrogen (secondary N) is 1. The molecule has 1 aliphatic rings. The van der Waals surface area contributed by atoms with Crippen molar-refractivity contribution in [3.8, 4) is 0 Å². The van der Waals surface area contributed by atoms with E-state index in [0.717, 1.165) is 32.8 Å². The van der Waals surface area contributed by atoms with Crippen LogP contribution in [0.5, 0.6) is 0 Å². The van der Waals surface area contributed by atoms with Gasteiger partial charge in [0, 0.05) is 26.9 Å². The molecule has 0 radical (unpaired) electrons. The molecule has 0 saturated carbocycles. The molecule has 1 fully saturated rings. The lowest BCUT2D eigenvalue weighted by atomic mass is 10.0. The monoisotopic (exact) mass is 231 g/mol. The summed E-state index contributed by atoms with van der Waals surface area (Å²) in [6.45, 7) is 6.12. The fraction of sp³-hybridized carbons (Fsp3) is 1.00. The zero-order valence-corrected chi connectivity index (χ0v) is 10.4. The minimum absolute atomic E-state index is 0.675. The number of piperidine rings is 1. The molecule has 0 bridgehead atoms. The van der Waals surface area contributed by atoms with Crippen LogP contribution < -0.4 is 5.32 Å². The molecule has 1 rings (SSSR count). The van der Waals surface area contributed by atoms with Crippen LogP contribution in [0.2, 0.25) is 0 Å². The van der Waals surface area contributed by atoms with Gasteiger partial charge in [0.2, 0.25) is 0 Å². The van der Waals surface area contributed by atoms with Gasteiger partial charge < -0.3 is 19.5 Å². The van der Waals surface area contributed by atoms with Gasteiger partial charge in [0.15, 0.2) is 0 Å². The Hall–Kier alpha value is -0.160. The summed E-state index contributed by atoms with van der Waals surface area (Å²) >= 11 is 0. The average Bonchev–Trinajstić information content (AvgIpc) is 2.34. The Balaban J connectivity index is 1.77. The molecule has 0 spiro atoms. The van der Waals surface area contributed by atoms with E-state index in [0.29, 0.717) is 19.1 Å². The van der Waals surface area contributed by atoms with Crippen LogP contribution in [-0.4, -0.2) is 53.2 Å². The second-order valence-electron chi connectivity index (χ2n) is 4.25. The van der Waals surface area contributed by atoms with Gasteiger partial charge >= 0.3 is 0 Å². The third-order valence-electron chi connectivity index (χ3n) is 2.76. The third kappa shape index (κ3) is 7.17. The summed E-state index contributed by atoms with van der Waals surface area (Å²) in [5.74, 6) is 0.711. The standard InChI is InChI=1S/C12H25NO3/c1-14-8-9-15-6-3-7-16-11-12-4-2-5-13-10-12/h12-13H,2-11H2,1H3. The van der Waals surface area contributed by atoms with Crippen molar-refractivity contribution in [1.82, 2.24) is 5.32 Å². The van der Waals surface area contributed by atoms with E-state index in [1.165, 1.54) is 19.4 Å². The number of hydrogen-bond donors (Lipinski definition) is 1. The summed E-state index contributed by atoms with van der Waals surface area (Å²) in [4.78, 5) is 0. The molecule has 1 heterocycles. The largest absolute Gasteiger partial charge is 0.382 e. The second kappa shape index (κ2) is 10.0. The molecule has 1 atom stereocenters. The lowest BCUT2D eigenvalue weighted by molar-refractivity contribution is 0.0421. The maximum absolute atomic E-state index is 5.63. The highest BCUT2D eigenvalue weighted by Crippen LogP contribution is 2.09. The summed E-state index contributed by atoms with van der Waals surface area (Å²) in [5, 5.41) is 3.39. The van der Waals surface area contributed by atoms with Gasteiger partial charge in [0.25, 0.3) is 0 Å². The van der Waals surface area contributed by atoms with Crippen molar-refractivity contribution in [2.75, 3.05) is 53.2 Å². The first-order valence-corrected chi connectivity index (χ1v) is 6.28. The van der Waals surface area contributed by atoms with Crippen molar-refractivity contribution in [3.05, 3.63) is 0 Å². The Morgan fingerprint density at radius 1 is 1.12 bits per heavy atom. The van der Waals surface area contributed by atoms with E-state index in [-0.39, 0.29) is 0 Å². The second-order valence-corrected chi connectivity index (χ2v) is 4.25. The number of methoxy groups -OCH3 is 1. The number of ether oxygens (including phenoxy) is 3. The van der Waals surface area contributed by atoms with Gasteiger partial charge in [0.05, 0.1) is 19.8 Å². The van der Waals surface area contributed by atoms with E-state index < -0.39 is 0 Å². The van der Waals surface area contributed by atoms with Crippen molar-refractivity contribution in [1.29, 1.82) is 0 Å². The molecule has 1 saturated heterocycles. The van der Waals surface area contributed by atoms with Gasteiger partial charge in [-0.25, -0.2) is 0 Å². The fourth-order valence-electron chi connectivity index (χ4n) is 1.82. The zero-order chi connectivity index (χ0) is 11.5. The predicted molar refractivity (Wildman–Crippen MR) is 63.7 cm³/mol. The molecule has 0 aromatic carbocycles. The topological polar surface area (TPSA) is 39.7 Å². The molecular formula is C12H25NO3. The first kappa shape index (κ1) is 13.9. The quantitative estimate of drug-likeness (QED) is 0.602. The van der Waals surface area contributed by atoms with Crippen molar-refractivity contribution in [2.45, 2.75) is 19.3 Å². The van der Waals surface area contributed by atoms with E-state index in [9.17, 15) is 0 Å². The van der Waals surface area contributed by atoms with Gasteiger partial charge in [-0.3, -0.25) is 0 Å². The lowest BCUT2D eigenvalue weighted by Gasteiger charge is -2.22. The van der Waals surface area contributed by atoms with Crippen LogP contribution >= 0.6 is 0 Å². The molecule has 16 heavy (non-hydrogen) atoms. The van der Waals surface area contributed by atoms with Crippen molar-refractivity contribution >= 4 is 0 Å². The molecular weight excluding hydrogens is 206 g/mol. The van der Waals surface area contributed by atoms with Crippen LogP contribution in [0.25, 0.3) is 0 Å². The van der Waals surface area contributed by atoms with E-state index in [1.807, 2.05) is 0 Å². The van der Waals surface area contributed by atoms with Crippen LogP contribution in [0.15, 0.2) is 0 Å². The third-order valence-corrected chi connectivity index (χ3v) is 2.76. The maximum atomic E-state index is 5.63. The van der Waals surface area contributed by atoms with E-state index in [2.05, 4.69) is 5.32 Å². The van der Waals surface area contributed by atoms with Gasteiger partial charge in [-0.15, -0.1) is 0 Å². The van der Waals surface area contributed by atoms with Crippen LogP contribution in [0.3, 0.4) is 0 Å². The van der Waals surface area contributed by atoms with Crippen molar-refractivity contribution in [3.63, 3.8) is 0 Å². The molecule has 0 aromatic heterocycles. The summed E-state index contributed by atoms with van der Waals surface area (Å²) in [7, 11) is 1.69. The van der Waals surface area contributed by atoms with Crippen LogP contribution in [-0.2, 0) is 14.2 Å². The maximum Gasteiger partial charge on any atom is 0.0700 e. The Kier molecular flexibility index (Phi) is 8.71. The van der Waals surface area contributed by atoms with Crippen molar-refractivity contribution < 1.29 is 14.2 Å². The van der Waals surface area contributed by atoms with Gasteiger partial charge in [-0.2, -0.15) is 0 Å². The van der Waals surface area contributed by atoms with Gasteiger partial charge in [-0.1, -0.05) is 0 Å². The molecule has 0 aromatic rings. The SMILES string of the molecule is COCCOCCCOCC1CCCNC1. The molecule has 1 aliphatic heterocycles. The smallest absolute Gasteiger partial charge is 0.0700 e. The minimum atomic E-state index is 0.675. The van der Waals surface area contributed by atoms with Crippen molar-refractivity contribution in [2.24, 2.45) is 5.92 Å². The Bertz CT molecular complexity index is 149. The molecule has 4 heteroatoms. The highest BCUT2D eigenvalue weighted by Gasteiger charge is 2.12. The van der Waals surface area contributed by atoms with E-state index in [4.69, 9.17) is 14.2 Å². The average molecular weight is 231 g/mol. The highest BCUT2D eigenvalue weighted by molar-refractivity contribution is 4.67. The molecule has 4 nitrogen and oxygen atoms in total. The molecule has 0 amide bonds. The number of rotatable bonds is 9. The van der Waals surface area contributed by atoms with Crippen LogP contribution in [0.1, 0.15) is 19.3 Å². The predicted octanol–water partition coefficient (Wildman–Crippen LogP) is 1.06. The molecule has 0 aliphatic carbocycles. The Morgan fingerprint density at radius 3 is 2.75 bits per heavy atom. The summed E-state index contributed by atoms with van der Waals surface area (Å²) in [5.41, 5.74) is 0. The normalized spacial score (nSPS) is 21.2. The first-order valence-electron chi connectivity index (χ1n) is 6.28. The highest BCUT2D eigenvalue weighted by atomic mass is 16.5. The Labute approximate surface area is 98.6 Å². The summed E-state index contributed by atoms with van der Waals surface area (Å²) < 4.78 is 15.9. The van der Waals surface area contributed by atoms with Crippen LogP contribution in [0, 0.1) is 5.92 Å². The zero-order valence-electron chi connectivity index (χ0n) is 10.4. The number of hydrogen-bond acceptors (Lipinski definition) is 4. The van der Waals surface area contributed by atoms with Gasteiger partial charge in [0.1, 0.15) is 0 Å². The van der Waals surface area contributed by atoms with E-state index in [1.54, 1.807) is 7.11 Å². The molecule has 96 valence electrons. The Morgan fingerprint density at radius 2 is 2.00 bits per heavy atom. The fourth-order valence-corrected chi connectivity index (χ4v) is 1.82. The van der Waals surface area contributed by atoms with E-state index >= 15 is 0 Å². The first-order chi connectivity index (χ1) is 7.93. The summed E-state index contributed by atoms with van der Waals surface area (Å²) in [6.07, 6.45) is 3.56. The molecule has 1 N–H and O–H groups in total. The summed E-state index contributed by atoms with van der Waals surface area (Å²) in [6, 6.07) is 0. The van der Waals surface area contributed by atoms with Gasteiger partial charge in [-0.05, 0) is 31.7 Å². The van der Waals surface area contributed by atoms with Crippen LogP contribution in [0.4, 0.5) is 0 Å². The minimum Gasteiger partial charge on any atom is -0.382 e.